The Labute approximate surface area is 131 Å². The van der Waals surface area contributed by atoms with Crippen LogP contribution in [0, 0.1) is 11.8 Å². The highest BCUT2D eigenvalue weighted by Gasteiger charge is 2.03. The average molecular weight is 284 g/mol. The first-order valence-corrected chi connectivity index (χ1v) is 7.17. The molecule has 0 unspecified atom stereocenters. The Hall–Kier alpha value is -2.98. The van der Waals surface area contributed by atoms with Gasteiger partial charge in [-0.2, -0.15) is 0 Å². The van der Waals surface area contributed by atoms with Crippen LogP contribution in [0.5, 0.6) is 5.75 Å². The zero-order valence-corrected chi connectivity index (χ0v) is 12.4. The van der Waals surface area contributed by atoms with Gasteiger partial charge in [0.05, 0.1) is 12.7 Å². The first-order chi connectivity index (χ1) is 10.9. The summed E-state index contributed by atoms with van der Waals surface area (Å²) < 4.78 is 5.42. The van der Waals surface area contributed by atoms with E-state index in [9.17, 15) is 0 Å². The Bertz CT molecular complexity index is 809. The van der Waals surface area contributed by atoms with Crippen molar-refractivity contribution in [2.75, 3.05) is 7.11 Å². The highest BCUT2D eigenvalue weighted by molar-refractivity contribution is 5.68. The van der Waals surface area contributed by atoms with Gasteiger partial charge in [-0.25, -0.2) is 0 Å². The van der Waals surface area contributed by atoms with Gasteiger partial charge in [0, 0.05) is 5.56 Å². The van der Waals surface area contributed by atoms with Crippen molar-refractivity contribution in [1.82, 2.24) is 0 Å². The van der Waals surface area contributed by atoms with Crippen molar-refractivity contribution in [1.29, 1.82) is 0 Å². The summed E-state index contributed by atoms with van der Waals surface area (Å²) in [5.41, 5.74) is 4.20. The van der Waals surface area contributed by atoms with Gasteiger partial charge < -0.3 is 4.74 Å². The van der Waals surface area contributed by atoms with E-state index in [1.165, 1.54) is 5.56 Å². The van der Waals surface area contributed by atoms with E-state index in [0.717, 1.165) is 22.4 Å². The van der Waals surface area contributed by atoms with E-state index < -0.39 is 0 Å². The predicted octanol–water partition coefficient (Wildman–Crippen LogP) is 4.76. The Morgan fingerprint density at radius 3 is 2.05 bits per heavy atom. The van der Waals surface area contributed by atoms with Crippen LogP contribution in [-0.4, -0.2) is 7.11 Å². The second-order valence-electron chi connectivity index (χ2n) is 4.90. The minimum absolute atomic E-state index is 0.795. The zero-order valence-electron chi connectivity index (χ0n) is 12.4. The van der Waals surface area contributed by atoms with Crippen molar-refractivity contribution in [3.05, 3.63) is 90.0 Å². The van der Waals surface area contributed by atoms with Gasteiger partial charge in [-0.3, -0.25) is 0 Å². The van der Waals surface area contributed by atoms with E-state index in [1.54, 1.807) is 7.11 Å². The first kappa shape index (κ1) is 14.0. The fraction of sp³-hybridized carbons (Fsp3) is 0.0476. The van der Waals surface area contributed by atoms with Crippen molar-refractivity contribution in [2.24, 2.45) is 0 Å². The molecule has 0 aliphatic carbocycles. The van der Waals surface area contributed by atoms with Crippen LogP contribution >= 0.6 is 0 Å². The Morgan fingerprint density at radius 2 is 1.36 bits per heavy atom. The van der Waals surface area contributed by atoms with Gasteiger partial charge >= 0.3 is 0 Å². The number of hydrogen-bond acceptors (Lipinski definition) is 1. The summed E-state index contributed by atoms with van der Waals surface area (Å²) >= 11 is 0. The molecule has 0 radical (unpaired) electrons. The lowest BCUT2D eigenvalue weighted by Crippen LogP contribution is -1.89. The van der Waals surface area contributed by atoms with E-state index in [2.05, 4.69) is 36.1 Å². The zero-order chi connectivity index (χ0) is 15.2. The third-order valence-corrected chi connectivity index (χ3v) is 3.42. The number of rotatable bonds is 2. The summed E-state index contributed by atoms with van der Waals surface area (Å²) in [5, 5.41) is 0. The van der Waals surface area contributed by atoms with Crippen molar-refractivity contribution < 1.29 is 4.74 Å². The van der Waals surface area contributed by atoms with Crippen LogP contribution in [0.2, 0.25) is 0 Å². The molecule has 0 N–H and O–H groups in total. The molecule has 0 bridgehead atoms. The van der Waals surface area contributed by atoms with E-state index in [-0.39, 0.29) is 0 Å². The summed E-state index contributed by atoms with van der Waals surface area (Å²) in [6, 6.07) is 26.3. The quantitative estimate of drug-likeness (QED) is 0.616. The number of methoxy groups -OCH3 is 1. The van der Waals surface area contributed by atoms with Crippen LogP contribution in [0.3, 0.4) is 0 Å². The van der Waals surface area contributed by atoms with Gasteiger partial charge in [-0.1, -0.05) is 66.4 Å². The van der Waals surface area contributed by atoms with Crippen molar-refractivity contribution in [3.63, 3.8) is 0 Å². The normalized spacial score (nSPS) is 9.68. The number of benzene rings is 3. The third kappa shape index (κ3) is 3.19. The van der Waals surface area contributed by atoms with E-state index >= 15 is 0 Å². The topological polar surface area (TPSA) is 9.23 Å². The number of hydrogen-bond donors (Lipinski definition) is 0. The lowest BCUT2D eigenvalue weighted by molar-refractivity contribution is 0.413. The lowest BCUT2D eigenvalue weighted by atomic mass is 10.0. The van der Waals surface area contributed by atoms with E-state index in [1.807, 2.05) is 54.6 Å². The summed E-state index contributed by atoms with van der Waals surface area (Å²) in [7, 11) is 1.67. The maximum absolute atomic E-state index is 5.42. The monoisotopic (exact) mass is 284 g/mol. The smallest absolute Gasteiger partial charge is 0.134 e. The number of ether oxygens (including phenoxy) is 1. The average Bonchev–Trinajstić information content (AvgIpc) is 2.61. The van der Waals surface area contributed by atoms with Gasteiger partial charge in [-0.05, 0) is 35.4 Å². The predicted molar refractivity (Wildman–Crippen MR) is 90.9 cm³/mol. The minimum Gasteiger partial charge on any atom is -0.495 e. The minimum atomic E-state index is 0.795. The van der Waals surface area contributed by atoms with Crippen molar-refractivity contribution in [2.45, 2.75) is 0 Å². The maximum Gasteiger partial charge on any atom is 0.134 e. The molecule has 22 heavy (non-hydrogen) atoms. The first-order valence-electron chi connectivity index (χ1n) is 7.17. The highest BCUT2D eigenvalue weighted by Crippen LogP contribution is 2.26. The molecule has 0 fully saturated rings. The van der Waals surface area contributed by atoms with Crippen LogP contribution in [0.1, 0.15) is 11.1 Å². The van der Waals surface area contributed by atoms with Crippen LogP contribution in [0.15, 0.2) is 78.9 Å². The standard InChI is InChI=1S/C21H16O/c1-22-21-15-14-19(18-10-6-3-7-11-18)16-20(21)13-12-17-8-4-2-5-9-17/h2-11,14-16H,1H3. The SMILES string of the molecule is COc1ccc(-c2ccccc2)cc1C#Cc1ccccc1. The van der Waals surface area contributed by atoms with E-state index in [0.29, 0.717) is 0 Å². The summed E-state index contributed by atoms with van der Waals surface area (Å²) in [6.07, 6.45) is 0. The summed E-state index contributed by atoms with van der Waals surface area (Å²) in [5.74, 6) is 7.19. The Kier molecular flexibility index (Phi) is 4.22. The molecule has 0 atom stereocenters. The molecule has 0 saturated heterocycles. The van der Waals surface area contributed by atoms with Gasteiger partial charge in [0.1, 0.15) is 5.75 Å². The van der Waals surface area contributed by atoms with E-state index in [4.69, 9.17) is 4.74 Å². The molecule has 1 heteroatoms. The molecule has 3 rings (SSSR count). The van der Waals surface area contributed by atoms with Crippen LogP contribution in [0.25, 0.3) is 11.1 Å². The van der Waals surface area contributed by atoms with Crippen LogP contribution < -0.4 is 4.74 Å². The Balaban J connectivity index is 2.01. The summed E-state index contributed by atoms with van der Waals surface area (Å²) in [6.45, 7) is 0. The summed E-state index contributed by atoms with van der Waals surface area (Å²) in [4.78, 5) is 0. The van der Waals surface area contributed by atoms with Gasteiger partial charge in [0.15, 0.2) is 0 Å². The molecule has 106 valence electrons. The molecular weight excluding hydrogens is 268 g/mol. The molecule has 0 saturated carbocycles. The van der Waals surface area contributed by atoms with Crippen LogP contribution in [0.4, 0.5) is 0 Å². The largest absolute Gasteiger partial charge is 0.495 e. The molecule has 0 aliphatic heterocycles. The molecule has 3 aromatic carbocycles. The Morgan fingerprint density at radius 1 is 0.682 bits per heavy atom. The molecule has 0 heterocycles. The van der Waals surface area contributed by atoms with Crippen molar-refractivity contribution in [3.8, 4) is 28.7 Å². The second kappa shape index (κ2) is 6.65. The van der Waals surface area contributed by atoms with Crippen LogP contribution in [-0.2, 0) is 0 Å². The molecule has 0 aromatic heterocycles. The van der Waals surface area contributed by atoms with Gasteiger partial charge in [0.25, 0.3) is 0 Å². The molecule has 1 nitrogen and oxygen atoms in total. The third-order valence-electron chi connectivity index (χ3n) is 3.42. The maximum atomic E-state index is 5.42. The second-order valence-corrected chi connectivity index (χ2v) is 4.90. The highest BCUT2D eigenvalue weighted by atomic mass is 16.5. The fourth-order valence-corrected chi connectivity index (χ4v) is 2.28. The molecule has 0 aliphatic rings. The molecule has 3 aromatic rings. The molecule has 0 spiro atoms. The van der Waals surface area contributed by atoms with Gasteiger partial charge in [-0.15, -0.1) is 0 Å². The van der Waals surface area contributed by atoms with Gasteiger partial charge in [0.2, 0.25) is 0 Å². The fourth-order valence-electron chi connectivity index (χ4n) is 2.28. The molecule has 0 amide bonds. The van der Waals surface area contributed by atoms with Crippen molar-refractivity contribution >= 4 is 0 Å². The molecular formula is C21H16O. The lowest BCUT2D eigenvalue weighted by Gasteiger charge is -2.07.